The lowest BCUT2D eigenvalue weighted by Crippen LogP contribution is -2.31. The number of aromatic nitrogens is 2. The first-order chi connectivity index (χ1) is 12.7. The molecule has 1 aromatic carbocycles. The number of pyridine rings is 1. The zero-order valence-corrected chi connectivity index (χ0v) is 16.2. The van der Waals surface area contributed by atoms with Gasteiger partial charge in [0.05, 0.1) is 5.69 Å². The van der Waals surface area contributed by atoms with Crippen LogP contribution in [0.5, 0.6) is 0 Å². The van der Waals surface area contributed by atoms with E-state index in [2.05, 4.69) is 18.1 Å². The summed E-state index contributed by atoms with van der Waals surface area (Å²) < 4.78 is 2.04. The molecule has 0 spiro atoms. The number of fused-ring (bicyclic) bond motifs is 1. The maximum absolute atomic E-state index is 12.6. The molecule has 0 atom stereocenters. The van der Waals surface area contributed by atoms with Gasteiger partial charge in [-0.25, -0.2) is 4.98 Å². The van der Waals surface area contributed by atoms with E-state index in [1.165, 1.54) is 0 Å². The van der Waals surface area contributed by atoms with Crippen LogP contribution in [0.15, 0.2) is 59.8 Å². The predicted molar refractivity (Wildman–Crippen MR) is 108 cm³/mol. The van der Waals surface area contributed by atoms with Crippen LogP contribution in [0.2, 0.25) is 0 Å². The van der Waals surface area contributed by atoms with Gasteiger partial charge in [0.15, 0.2) is 0 Å². The Morgan fingerprint density at radius 1 is 1.15 bits per heavy atom. The fraction of sp³-hybridized carbons (Fsp3) is 0.333. The summed E-state index contributed by atoms with van der Waals surface area (Å²) in [5, 5.41) is 0. The SMILES string of the molecule is CCCCN(CC)C(=O)c1ccc(SCc2cn3ccccc3n2)cc1. The van der Waals surface area contributed by atoms with Crippen LogP contribution < -0.4 is 0 Å². The van der Waals surface area contributed by atoms with Crippen LogP contribution in [0, 0.1) is 0 Å². The van der Waals surface area contributed by atoms with Gasteiger partial charge >= 0.3 is 0 Å². The van der Waals surface area contributed by atoms with E-state index in [-0.39, 0.29) is 5.91 Å². The Kier molecular flexibility index (Phi) is 6.34. The van der Waals surface area contributed by atoms with E-state index in [0.717, 1.165) is 53.5 Å². The Labute approximate surface area is 159 Å². The summed E-state index contributed by atoms with van der Waals surface area (Å²) >= 11 is 1.74. The Bertz CT molecular complexity index is 824. The quantitative estimate of drug-likeness (QED) is 0.532. The van der Waals surface area contributed by atoms with Crippen LogP contribution in [0.3, 0.4) is 0 Å². The smallest absolute Gasteiger partial charge is 0.253 e. The van der Waals surface area contributed by atoms with Gasteiger partial charge < -0.3 is 9.30 Å². The number of hydrogen-bond donors (Lipinski definition) is 0. The molecule has 0 aliphatic heterocycles. The molecule has 136 valence electrons. The van der Waals surface area contributed by atoms with Gasteiger partial charge in [-0.1, -0.05) is 19.4 Å². The van der Waals surface area contributed by atoms with Gasteiger partial charge in [-0.3, -0.25) is 4.79 Å². The normalized spacial score (nSPS) is 11.0. The summed E-state index contributed by atoms with van der Waals surface area (Å²) in [6.45, 7) is 5.76. The van der Waals surface area contributed by atoms with Gasteiger partial charge in [-0.2, -0.15) is 0 Å². The molecule has 0 aliphatic rings. The average molecular weight is 368 g/mol. The lowest BCUT2D eigenvalue weighted by atomic mass is 10.2. The van der Waals surface area contributed by atoms with Crippen molar-refractivity contribution >= 4 is 23.3 Å². The molecule has 0 saturated carbocycles. The molecule has 3 aromatic rings. The topological polar surface area (TPSA) is 37.6 Å². The number of unbranched alkanes of at least 4 members (excludes halogenated alkanes) is 1. The van der Waals surface area contributed by atoms with Gasteiger partial charge in [0.25, 0.3) is 5.91 Å². The molecule has 4 nitrogen and oxygen atoms in total. The van der Waals surface area contributed by atoms with Crippen molar-refractivity contribution in [2.45, 2.75) is 37.3 Å². The molecular formula is C21H25N3OS. The second-order valence-corrected chi connectivity index (χ2v) is 7.30. The second-order valence-electron chi connectivity index (χ2n) is 6.25. The third-order valence-corrected chi connectivity index (χ3v) is 5.40. The minimum Gasteiger partial charge on any atom is -0.339 e. The van der Waals surface area contributed by atoms with E-state index in [9.17, 15) is 4.79 Å². The standard InChI is InChI=1S/C21H25N3OS/c1-3-5-13-23(4-2)21(25)17-9-11-19(12-10-17)26-16-18-15-24-14-7-6-8-20(24)22-18/h6-12,14-15H,3-5,13,16H2,1-2H3. The summed E-state index contributed by atoms with van der Waals surface area (Å²) in [6.07, 6.45) is 6.22. The van der Waals surface area contributed by atoms with E-state index < -0.39 is 0 Å². The van der Waals surface area contributed by atoms with Crippen LogP contribution >= 0.6 is 11.8 Å². The Balaban J connectivity index is 1.61. The van der Waals surface area contributed by atoms with Crippen molar-refractivity contribution in [3.05, 3.63) is 66.1 Å². The van der Waals surface area contributed by atoms with Crippen molar-refractivity contribution in [2.24, 2.45) is 0 Å². The first-order valence-electron chi connectivity index (χ1n) is 9.16. The molecular weight excluding hydrogens is 342 g/mol. The van der Waals surface area contributed by atoms with Gasteiger partial charge in [0.1, 0.15) is 5.65 Å². The highest BCUT2D eigenvalue weighted by atomic mass is 32.2. The molecule has 0 aliphatic carbocycles. The summed E-state index contributed by atoms with van der Waals surface area (Å²) in [4.78, 5) is 20.3. The molecule has 2 aromatic heterocycles. The van der Waals surface area contributed by atoms with Gasteiger partial charge in [-0.15, -0.1) is 11.8 Å². The molecule has 0 unspecified atom stereocenters. The number of imidazole rings is 1. The third kappa shape index (κ3) is 4.47. The summed E-state index contributed by atoms with van der Waals surface area (Å²) in [5.41, 5.74) is 2.79. The molecule has 0 fully saturated rings. The van der Waals surface area contributed by atoms with E-state index in [0.29, 0.717) is 0 Å². The third-order valence-electron chi connectivity index (χ3n) is 4.35. The van der Waals surface area contributed by atoms with E-state index in [1.807, 2.05) is 64.9 Å². The van der Waals surface area contributed by atoms with Crippen molar-refractivity contribution in [1.82, 2.24) is 14.3 Å². The van der Waals surface area contributed by atoms with Crippen molar-refractivity contribution in [3.8, 4) is 0 Å². The first kappa shape index (κ1) is 18.5. The zero-order valence-electron chi connectivity index (χ0n) is 15.4. The van der Waals surface area contributed by atoms with Gasteiger partial charge in [-0.05, 0) is 49.7 Å². The molecule has 0 saturated heterocycles. The lowest BCUT2D eigenvalue weighted by molar-refractivity contribution is 0.0762. The van der Waals surface area contributed by atoms with Crippen molar-refractivity contribution in [2.75, 3.05) is 13.1 Å². The fourth-order valence-corrected chi connectivity index (χ4v) is 3.62. The molecule has 0 N–H and O–H groups in total. The van der Waals surface area contributed by atoms with Crippen LogP contribution in [0.1, 0.15) is 42.7 Å². The maximum atomic E-state index is 12.6. The van der Waals surface area contributed by atoms with Crippen LogP contribution in [-0.4, -0.2) is 33.3 Å². The number of rotatable bonds is 8. The largest absolute Gasteiger partial charge is 0.339 e. The first-order valence-corrected chi connectivity index (χ1v) is 10.1. The minimum atomic E-state index is 0.123. The van der Waals surface area contributed by atoms with E-state index in [4.69, 9.17) is 0 Å². The van der Waals surface area contributed by atoms with Crippen molar-refractivity contribution in [1.29, 1.82) is 0 Å². The molecule has 2 heterocycles. The Morgan fingerprint density at radius 2 is 1.96 bits per heavy atom. The molecule has 1 amide bonds. The van der Waals surface area contributed by atoms with E-state index in [1.54, 1.807) is 11.8 Å². The minimum absolute atomic E-state index is 0.123. The van der Waals surface area contributed by atoms with Crippen LogP contribution in [0.4, 0.5) is 0 Å². The molecule has 5 heteroatoms. The summed E-state index contributed by atoms with van der Waals surface area (Å²) in [7, 11) is 0. The number of nitrogens with zero attached hydrogens (tertiary/aromatic N) is 3. The molecule has 3 rings (SSSR count). The molecule has 26 heavy (non-hydrogen) atoms. The number of carbonyl (C=O) groups is 1. The highest BCUT2D eigenvalue weighted by Crippen LogP contribution is 2.23. The van der Waals surface area contributed by atoms with Gasteiger partial charge in [0.2, 0.25) is 0 Å². The van der Waals surface area contributed by atoms with Crippen molar-refractivity contribution < 1.29 is 4.79 Å². The van der Waals surface area contributed by atoms with Crippen LogP contribution in [0.25, 0.3) is 5.65 Å². The second kappa shape index (κ2) is 8.90. The Hall–Kier alpha value is -2.27. The number of hydrogen-bond acceptors (Lipinski definition) is 3. The van der Waals surface area contributed by atoms with Gasteiger partial charge in [0, 0.05) is 41.7 Å². The summed E-state index contributed by atoms with van der Waals surface area (Å²) in [6, 6.07) is 13.9. The highest BCUT2D eigenvalue weighted by molar-refractivity contribution is 7.98. The van der Waals surface area contributed by atoms with E-state index >= 15 is 0 Å². The Morgan fingerprint density at radius 3 is 2.65 bits per heavy atom. The average Bonchev–Trinajstić information content (AvgIpc) is 3.10. The number of thioether (sulfide) groups is 1. The lowest BCUT2D eigenvalue weighted by Gasteiger charge is -2.20. The monoisotopic (exact) mass is 367 g/mol. The number of carbonyl (C=O) groups excluding carboxylic acids is 1. The maximum Gasteiger partial charge on any atom is 0.253 e. The molecule has 0 radical (unpaired) electrons. The van der Waals surface area contributed by atoms with Crippen LogP contribution in [-0.2, 0) is 5.75 Å². The number of benzene rings is 1. The molecule has 0 bridgehead atoms. The fourth-order valence-electron chi connectivity index (χ4n) is 2.84. The summed E-state index contributed by atoms with van der Waals surface area (Å²) in [5.74, 6) is 0.935. The van der Waals surface area contributed by atoms with Crippen molar-refractivity contribution in [3.63, 3.8) is 0 Å². The highest BCUT2D eigenvalue weighted by Gasteiger charge is 2.13. The predicted octanol–water partition coefficient (Wildman–Crippen LogP) is 4.89. The number of amides is 1. The zero-order chi connectivity index (χ0) is 18.4.